The summed E-state index contributed by atoms with van der Waals surface area (Å²) in [7, 11) is 0. The van der Waals surface area contributed by atoms with Crippen molar-refractivity contribution in [3.8, 4) is 0 Å². The number of aryl methyl sites for hydroxylation is 1. The summed E-state index contributed by atoms with van der Waals surface area (Å²) in [4.78, 5) is 31.9. The van der Waals surface area contributed by atoms with E-state index >= 15 is 0 Å². The van der Waals surface area contributed by atoms with Crippen LogP contribution >= 0.6 is 0 Å². The molecule has 0 heterocycles. The zero-order chi connectivity index (χ0) is 25.5. The number of rotatable bonds is 6. The van der Waals surface area contributed by atoms with Gasteiger partial charge in [-0.3, -0.25) is 4.79 Å². The molecule has 33 heavy (non-hydrogen) atoms. The van der Waals surface area contributed by atoms with E-state index in [0.29, 0.717) is 12.2 Å². The van der Waals surface area contributed by atoms with E-state index in [4.69, 9.17) is 0 Å². The van der Waals surface area contributed by atoms with Crippen molar-refractivity contribution >= 4 is 17.3 Å². The molecule has 0 spiro atoms. The van der Waals surface area contributed by atoms with Crippen LogP contribution in [0.15, 0.2) is 60.7 Å². The van der Waals surface area contributed by atoms with E-state index in [9.17, 15) is 14.4 Å². The molecule has 0 N–H and O–H groups in total. The summed E-state index contributed by atoms with van der Waals surface area (Å²) in [5.41, 5.74) is 2.01. The summed E-state index contributed by atoms with van der Waals surface area (Å²) in [5, 5.41) is 0. The molecule has 2 aromatic rings. The van der Waals surface area contributed by atoms with Crippen molar-refractivity contribution in [1.82, 2.24) is 0 Å². The number of Topliss-reactive ketones (excluding diaryl/α,β-unsaturated/α-hetero) is 3. The Balaban J connectivity index is 0. The first-order valence-electron chi connectivity index (χ1n) is 12.5. The fourth-order valence-electron chi connectivity index (χ4n) is 3.26. The third-order valence-corrected chi connectivity index (χ3v) is 4.84. The second kappa shape index (κ2) is 22.6. The van der Waals surface area contributed by atoms with Crippen LogP contribution in [0.4, 0.5) is 0 Å². The van der Waals surface area contributed by atoms with Crippen molar-refractivity contribution in [2.75, 3.05) is 0 Å². The second-order valence-electron chi connectivity index (χ2n) is 7.67. The SMILES string of the molecule is CC.CC.CC(=O)CC1CCCC1.CC(=O)CCc1ccccc1.CC(=O)c1ccccc1. The van der Waals surface area contributed by atoms with Crippen LogP contribution in [-0.4, -0.2) is 17.3 Å². The van der Waals surface area contributed by atoms with E-state index in [0.717, 1.165) is 24.3 Å². The van der Waals surface area contributed by atoms with Gasteiger partial charge in [0.1, 0.15) is 11.6 Å². The highest BCUT2D eigenvalue weighted by Crippen LogP contribution is 2.27. The number of benzene rings is 2. The van der Waals surface area contributed by atoms with Gasteiger partial charge in [-0.2, -0.15) is 0 Å². The maximum Gasteiger partial charge on any atom is 0.159 e. The first kappa shape index (κ1) is 32.6. The Labute approximate surface area is 203 Å². The number of ketones is 3. The van der Waals surface area contributed by atoms with Crippen molar-refractivity contribution in [2.24, 2.45) is 5.92 Å². The van der Waals surface area contributed by atoms with E-state index in [1.165, 1.54) is 31.2 Å². The van der Waals surface area contributed by atoms with Gasteiger partial charge < -0.3 is 9.59 Å². The quantitative estimate of drug-likeness (QED) is 0.412. The average molecular weight is 455 g/mol. The lowest BCUT2D eigenvalue weighted by Gasteiger charge is -2.02. The molecule has 2 aromatic carbocycles. The zero-order valence-corrected chi connectivity index (χ0v) is 22.0. The molecule has 1 aliphatic carbocycles. The van der Waals surface area contributed by atoms with E-state index in [2.05, 4.69) is 0 Å². The van der Waals surface area contributed by atoms with Crippen molar-refractivity contribution in [1.29, 1.82) is 0 Å². The molecule has 0 unspecified atom stereocenters. The summed E-state index contributed by atoms with van der Waals surface area (Å²) in [5.74, 6) is 1.48. The van der Waals surface area contributed by atoms with Crippen molar-refractivity contribution in [3.05, 3.63) is 71.8 Å². The molecule has 0 bridgehead atoms. The maximum absolute atomic E-state index is 10.6. The van der Waals surface area contributed by atoms with Crippen LogP contribution in [0.25, 0.3) is 0 Å². The predicted octanol–water partition coefficient (Wildman–Crippen LogP) is 8.31. The highest BCUT2D eigenvalue weighted by atomic mass is 16.1. The van der Waals surface area contributed by atoms with Gasteiger partial charge in [0.2, 0.25) is 0 Å². The van der Waals surface area contributed by atoms with Gasteiger partial charge in [0.15, 0.2) is 5.78 Å². The molecular formula is C30H46O3. The van der Waals surface area contributed by atoms with Crippen LogP contribution in [0.3, 0.4) is 0 Å². The molecule has 0 aliphatic heterocycles. The summed E-state index contributed by atoms with van der Waals surface area (Å²) in [6.07, 6.45) is 7.63. The van der Waals surface area contributed by atoms with Gasteiger partial charge in [0, 0.05) is 18.4 Å². The first-order valence-corrected chi connectivity index (χ1v) is 12.5. The summed E-state index contributed by atoms with van der Waals surface area (Å²) < 4.78 is 0. The van der Waals surface area contributed by atoms with Gasteiger partial charge >= 0.3 is 0 Å². The standard InChI is InChI=1S/C10H12O.C8H14O.C8H8O.2C2H6/c1-9(11)7-8-10-5-3-2-4-6-10;1-7(9)6-8-4-2-3-5-8;1-7(9)8-5-3-2-4-6-8;2*1-2/h2-6H,7-8H2,1H3;8H,2-6H2,1H3;2-6H,1H3;2*1-2H3. The van der Waals surface area contributed by atoms with E-state index in [-0.39, 0.29) is 11.6 Å². The summed E-state index contributed by atoms with van der Waals surface area (Å²) in [6.45, 7) is 12.9. The lowest BCUT2D eigenvalue weighted by atomic mass is 10.0. The van der Waals surface area contributed by atoms with Gasteiger partial charge in [-0.25, -0.2) is 0 Å². The molecule has 0 aromatic heterocycles. The van der Waals surface area contributed by atoms with Crippen molar-refractivity contribution in [3.63, 3.8) is 0 Å². The summed E-state index contributed by atoms with van der Waals surface area (Å²) >= 11 is 0. The Morgan fingerprint density at radius 1 is 0.697 bits per heavy atom. The van der Waals surface area contributed by atoms with Gasteiger partial charge in [-0.15, -0.1) is 0 Å². The molecule has 184 valence electrons. The Bertz CT molecular complexity index is 730. The highest BCUT2D eigenvalue weighted by Gasteiger charge is 2.15. The molecule has 3 rings (SSSR count). The molecule has 0 radical (unpaired) electrons. The van der Waals surface area contributed by atoms with Crippen LogP contribution in [0.1, 0.15) is 103 Å². The molecule has 3 heteroatoms. The topological polar surface area (TPSA) is 51.2 Å². The van der Waals surface area contributed by atoms with Crippen LogP contribution in [0.5, 0.6) is 0 Å². The second-order valence-corrected chi connectivity index (χ2v) is 7.67. The number of hydrogen-bond donors (Lipinski definition) is 0. The molecule has 1 saturated carbocycles. The van der Waals surface area contributed by atoms with Crippen LogP contribution in [0, 0.1) is 5.92 Å². The largest absolute Gasteiger partial charge is 0.300 e. The average Bonchev–Trinajstić information content (AvgIpc) is 3.35. The molecular weight excluding hydrogens is 408 g/mol. The molecule has 0 saturated heterocycles. The number of carbonyl (C=O) groups is 3. The molecule has 3 nitrogen and oxygen atoms in total. The predicted molar refractivity (Wildman–Crippen MR) is 142 cm³/mol. The fraction of sp³-hybridized carbons (Fsp3) is 0.500. The monoisotopic (exact) mass is 454 g/mol. The molecule has 1 aliphatic rings. The van der Waals surface area contributed by atoms with Crippen molar-refractivity contribution < 1.29 is 14.4 Å². The Morgan fingerprint density at radius 3 is 1.52 bits per heavy atom. The molecule has 1 fully saturated rings. The van der Waals surface area contributed by atoms with Gasteiger partial charge in [-0.05, 0) is 38.7 Å². The summed E-state index contributed by atoms with van der Waals surface area (Å²) in [6, 6.07) is 19.3. The third-order valence-electron chi connectivity index (χ3n) is 4.84. The fourth-order valence-corrected chi connectivity index (χ4v) is 3.26. The van der Waals surface area contributed by atoms with Crippen LogP contribution < -0.4 is 0 Å². The van der Waals surface area contributed by atoms with Gasteiger partial charge in [0.25, 0.3) is 0 Å². The van der Waals surface area contributed by atoms with Crippen LogP contribution in [0.2, 0.25) is 0 Å². The smallest absolute Gasteiger partial charge is 0.159 e. The minimum atomic E-state index is 0.121. The Hall–Kier alpha value is -2.55. The van der Waals surface area contributed by atoms with Crippen molar-refractivity contribution in [2.45, 2.75) is 93.4 Å². The lowest BCUT2D eigenvalue weighted by molar-refractivity contribution is -0.118. The molecule has 0 amide bonds. The number of carbonyl (C=O) groups excluding carboxylic acids is 3. The third kappa shape index (κ3) is 19.8. The van der Waals surface area contributed by atoms with E-state index in [1.807, 2.05) is 88.4 Å². The lowest BCUT2D eigenvalue weighted by Crippen LogP contribution is -1.99. The van der Waals surface area contributed by atoms with E-state index in [1.54, 1.807) is 20.8 Å². The minimum absolute atomic E-state index is 0.121. The molecule has 0 atom stereocenters. The van der Waals surface area contributed by atoms with E-state index < -0.39 is 0 Å². The van der Waals surface area contributed by atoms with Gasteiger partial charge in [-0.1, -0.05) is 114 Å². The maximum atomic E-state index is 10.6. The normalized spacial score (nSPS) is 11.6. The Kier molecular flexibility index (Phi) is 22.4. The minimum Gasteiger partial charge on any atom is -0.300 e. The first-order chi connectivity index (χ1) is 15.9. The van der Waals surface area contributed by atoms with Gasteiger partial charge in [0.05, 0.1) is 0 Å². The Morgan fingerprint density at radius 2 is 1.15 bits per heavy atom. The van der Waals surface area contributed by atoms with Crippen LogP contribution in [-0.2, 0) is 16.0 Å². The zero-order valence-electron chi connectivity index (χ0n) is 22.0. The number of hydrogen-bond acceptors (Lipinski definition) is 3. The highest BCUT2D eigenvalue weighted by molar-refractivity contribution is 5.93.